The van der Waals surface area contributed by atoms with Gasteiger partial charge in [-0.1, -0.05) is 24.3 Å². The number of nitro benzene ring substituents is 1. The molecule has 0 spiro atoms. The van der Waals surface area contributed by atoms with Crippen molar-refractivity contribution >= 4 is 45.1 Å². The summed E-state index contributed by atoms with van der Waals surface area (Å²) in [5.41, 5.74) is 1.38. The Hall–Kier alpha value is -3.52. The number of hydrogen-bond donors (Lipinski definition) is 2. The SMILES string of the molecule is O=C(Nc1cccc(N=Cc2cccc([N+](=O)[O-])c2O)c1)c1ccccc1Br. The first-order chi connectivity index (χ1) is 13.5. The molecule has 3 aromatic rings. The zero-order valence-electron chi connectivity index (χ0n) is 14.4. The van der Waals surface area contributed by atoms with E-state index in [9.17, 15) is 20.0 Å². The van der Waals surface area contributed by atoms with Crippen molar-refractivity contribution in [3.8, 4) is 5.75 Å². The normalized spacial score (nSPS) is 10.8. The Morgan fingerprint density at radius 1 is 1.11 bits per heavy atom. The molecule has 0 atom stereocenters. The summed E-state index contributed by atoms with van der Waals surface area (Å²) in [4.78, 5) is 26.9. The zero-order chi connectivity index (χ0) is 20.1. The van der Waals surface area contributed by atoms with Crippen LogP contribution >= 0.6 is 15.9 Å². The molecular weight excluding hydrogens is 426 g/mol. The number of phenolic OH excluding ortho intramolecular Hbond substituents is 1. The molecule has 0 heterocycles. The van der Waals surface area contributed by atoms with Crippen molar-refractivity contribution in [3.63, 3.8) is 0 Å². The standard InChI is InChI=1S/C20H14BrN3O4/c21-17-9-2-1-8-16(17)20(26)23-15-7-4-6-14(11-15)22-12-13-5-3-10-18(19(13)25)24(27)28/h1-12,25H,(H,23,26). The molecule has 8 heteroatoms. The lowest BCUT2D eigenvalue weighted by molar-refractivity contribution is -0.385. The van der Waals surface area contributed by atoms with E-state index in [0.29, 0.717) is 21.4 Å². The molecule has 0 saturated heterocycles. The first-order valence-corrected chi connectivity index (χ1v) is 8.91. The molecule has 1 amide bonds. The number of rotatable bonds is 5. The maximum atomic E-state index is 12.4. The molecule has 0 radical (unpaired) electrons. The van der Waals surface area contributed by atoms with Crippen LogP contribution in [0.5, 0.6) is 5.75 Å². The Morgan fingerprint density at radius 2 is 1.86 bits per heavy atom. The van der Waals surface area contributed by atoms with Crippen LogP contribution in [0.25, 0.3) is 0 Å². The number of halogens is 1. The number of carbonyl (C=O) groups is 1. The summed E-state index contributed by atoms with van der Waals surface area (Å²) in [7, 11) is 0. The molecule has 0 bridgehead atoms. The summed E-state index contributed by atoms with van der Waals surface area (Å²) in [6.07, 6.45) is 1.33. The number of nitrogens with zero attached hydrogens (tertiary/aromatic N) is 2. The van der Waals surface area contributed by atoms with Gasteiger partial charge in [-0.15, -0.1) is 0 Å². The first kappa shape index (κ1) is 19.2. The topological polar surface area (TPSA) is 105 Å². The number of nitro groups is 1. The largest absolute Gasteiger partial charge is 0.502 e. The van der Waals surface area contributed by atoms with Gasteiger partial charge < -0.3 is 10.4 Å². The highest BCUT2D eigenvalue weighted by Crippen LogP contribution is 2.29. The number of aromatic hydroxyl groups is 1. The van der Waals surface area contributed by atoms with Gasteiger partial charge in [-0.05, 0) is 52.3 Å². The van der Waals surface area contributed by atoms with Gasteiger partial charge in [0.15, 0.2) is 0 Å². The fourth-order valence-electron chi connectivity index (χ4n) is 2.45. The average molecular weight is 440 g/mol. The van der Waals surface area contributed by atoms with Crippen LogP contribution in [0.15, 0.2) is 76.2 Å². The van der Waals surface area contributed by atoms with Crippen molar-refractivity contribution in [3.05, 3.63) is 92.4 Å². The number of hydrogen-bond acceptors (Lipinski definition) is 5. The third-order valence-electron chi connectivity index (χ3n) is 3.82. The molecule has 0 unspecified atom stereocenters. The van der Waals surface area contributed by atoms with Crippen molar-refractivity contribution in [2.45, 2.75) is 0 Å². The van der Waals surface area contributed by atoms with Crippen LogP contribution in [0.3, 0.4) is 0 Å². The Labute approximate surface area is 168 Å². The summed E-state index contributed by atoms with van der Waals surface area (Å²) < 4.78 is 0.683. The van der Waals surface area contributed by atoms with Crippen molar-refractivity contribution < 1.29 is 14.8 Å². The highest BCUT2D eigenvalue weighted by atomic mass is 79.9. The highest BCUT2D eigenvalue weighted by Gasteiger charge is 2.15. The van der Waals surface area contributed by atoms with Gasteiger partial charge in [-0.2, -0.15) is 0 Å². The molecule has 0 aliphatic rings. The van der Waals surface area contributed by atoms with E-state index in [1.165, 1.54) is 24.4 Å². The lowest BCUT2D eigenvalue weighted by Crippen LogP contribution is -2.12. The average Bonchev–Trinajstić information content (AvgIpc) is 2.67. The number of phenols is 1. The minimum atomic E-state index is -0.662. The predicted molar refractivity (Wildman–Crippen MR) is 111 cm³/mol. The van der Waals surface area contributed by atoms with Crippen molar-refractivity contribution in [1.29, 1.82) is 0 Å². The Kier molecular flexibility index (Phi) is 5.81. The molecule has 0 saturated carbocycles. The number of amides is 1. The van der Waals surface area contributed by atoms with E-state index in [1.54, 1.807) is 42.5 Å². The third kappa shape index (κ3) is 4.41. The lowest BCUT2D eigenvalue weighted by Gasteiger charge is -2.07. The van der Waals surface area contributed by atoms with Crippen molar-refractivity contribution in [2.24, 2.45) is 4.99 Å². The van der Waals surface area contributed by atoms with Gasteiger partial charge >= 0.3 is 5.69 Å². The predicted octanol–water partition coefficient (Wildman–Crippen LogP) is 5.07. The van der Waals surface area contributed by atoms with Crippen molar-refractivity contribution in [2.75, 3.05) is 5.32 Å². The molecule has 3 aromatic carbocycles. The van der Waals surface area contributed by atoms with Gasteiger partial charge in [0.25, 0.3) is 5.91 Å². The van der Waals surface area contributed by atoms with Crippen LogP contribution in [0.4, 0.5) is 17.1 Å². The van der Waals surface area contributed by atoms with Crippen LogP contribution in [0, 0.1) is 10.1 Å². The Balaban J connectivity index is 1.80. The molecule has 0 aliphatic heterocycles. The van der Waals surface area contributed by atoms with Gasteiger partial charge in [-0.25, -0.2) is 0 Å². The molecule has 7 nitrogen and oxygen atoms in total. The van der Waals surface area contributed by atoms with Crippen LogP contribution in [-0.4, -0.2) is 22.2 Å². The first-order valence-electron chi connectivity index (χ1n) is 8.12. The minimum Gasteiger partial charge on any atom is -0.502 e. The fraction of sp³-hybridized carbons (Fsp3) is 0. The maximum absolute atomic E-state index is 12.4. The summed E-state index contributed by atoms with van der Waals surface area (Å²) in [5, 5.41) is 23.7. The van der Waals surface area contributed by atoms with Crippen LogP contribution in [0.1, 0.15) is 15.9 Å². The van der Waals surface area contributed by atoms with E-state index >= 15 is 0 Å². The number of anilines is 1. The number of benzene rings is 3. The number of aliphatic imine (C=N–C) groups is 1. The molecule has 2 N–H and O–H groups in total. The monoisotopic (exact) mass is 439 g/mol. The highest BCUT2D eigenvalue weighted by molar-refractivity contribution is 9.10. The van der Waals surface area contributed by atoms with Crippen LogP contribution in [0.2, 0.25) is 0 Å². The third-order valence-corrected chi connectivity index (χ3v) is 4.51. The van der Waals surface area contributed by atoms with Gasteiger partial charge in [0.1, 0.15) is 0 Å². The van der Waals surface area contributed by atoms with E-state index in [4.69, 9.17) is 0 Å². The van der Waals surface area contributed by atoms with E-state index in [-0.39, 0.29) is 11.5 Å². The summed E-state index contributed by atoms with van der Waals surface area (Å²) >= 11 is 3.34. The van der Waals surface area contributed by atoms with E-state index in [1.807, 2.05) is 6.07 Å². The number of nitrogens with one attached hydrogen (secondary N) is 1. The van der Waals surface area contributed by atoms with Gasteiger partial charge in [-0.3, -0.25) is 19.9 Å². The smallest absolute Gasteiger partial charge is 0.311 e. The van der Waals surface area contributed by atoms with Crippen molar-refractivity contribution in [1.82, 2.24) is 0 Å². The molecule has 0 aromatic heterocycles. The van der Waals surface area contributed by atoms with Crippen LogP contribution in [-0.2, 0) is 0 Å². The summed E-state index contributed by atoms with van der Waals surface area (Å²) in [6.45, 7) is 0. The zero-order valence-corrected chi connectivity index (χ0v) is 16.0. The second-order valence-electron chi connectivity index (χ2n) is 5.71. The second-order valence-corrected chi connectivity index (χ2v) is 6.57. The number of carbonyl (C=O) groups excluding carboxylic acids is 1. The number of para-hydroxylation sites is 1. The van der Waals surface area contributed by atoms with Gasteiger partial charge in [0.05, 0.1) is 16.2 Å². The minimum absolute atomic E-state index is 0.219. The molecule has 3 rings (SSSR count). The fourth-order valence-corrected chi connectivity index (χ4v) is 2.92. The van der Waals surface area contributed by atoms with Gasteiger partial charge in [0.2, 0.25) is 5.75 Å². The molecular formula is C20H14BrN3O4. The van der Waals surface area contributed by atoms with E-state index < -0.39 is 16.4 Å². The molecule has 0 aliphatic carbocycles. The Bertz CT molecular complexity index is 1080. The Morgan fingerprint density at radius 3 is 2.61 bits per heavy atom. The van der Waals surface area contributed by atoms with Crippen LogP contribution < -0.4 is 5.32 Å². The lowest BCUT2D eigenvalue weighted by atomic mass is 10.2. The summed E-state index contributed by atoms with van der Waals surface area (Å²) in [6, 6.07) is 18.1. The molecule has 140 valence electrons. The second kappa shape index (κ2) is 8.45. The van der Waals surface area contributed by atoms with Gasteiger partial charge in [0, 0.05) is 28.0 Å². The summed E-state index contributed by atoms with van der Waals surface area (Å²) in [5.74, 6) is -0.723. The molecule has 28 heavy (non-hydrogen) atoms. The molecule has 0 fully saturated rings. The maximum Gasteiger partial charge on any atom is 0.311 e. The van der Waals surface area contributed by atoms with E-state index in [0.717, 1.165) is 0 Å². The quantitative estimate of drug-likeness (QED) is 0.329. The van der Waals surface area contributed by atoms with E-state index in [2.05, 4.69) is 26.2 Å².